The van der Waals surface area contributed by atoms with Crippen LogP contribution >= 0.6 is 11.6 Å². The number of halogens is 1. The number of carbonyl (C=O) groups excluding carboxylic acids is 2. The number of hydrogen-bond donors (Lipinski definition) is 5. The van der Waals surface area contributed by atoms with E-state index in [9.17, 15) is 34.5 Å². The minimum absolute atomic E-state index is 0.0253. The van der Waals surface area contributed by atoms with Gasteiger partial charge in [0.25, 0.3) is 0 Å². The van der Waals surface area contributed by atoms with Gasteiger partial charge in [-0.1, -0.05) is 48.0 Å². The van der Waals surface area contributed by atoms with Crippen molar-refractivity contribution in [1.29, 1.82) is 5.26 Å². The number of carbonyl (C=O) groups is 4. The molecule has 0 fully saturated rings. The van der Waals surface area contributed by atoms with Gasteiger partial charge in [0.1, 0.15) is 6.07 Å². The van der Waals surface area contributed by atoms with Crippen molar-refractivity contribution in [3.05, 3.63) is 100 Å². The predicted octanol–water partition coefficient (Wildman–Crippen LogP) is 3.82. The number of aliphatic hydroxyl groups is 1. The number of aliphatic hydroxyl groups excluding tert-OH is 1. The molecule has 0 amide bonds. The third-order valence-electron chi connectivity index (χ3n) is 5.71. The van der Waals surface area contributed by atoms with E-state index >= 15 is 0 Å². The average Bonchev–Trinajstić information content (AvgIpc) is 2.99. The molecule has 1 unspecified atom stereocenters. The number of nitrogen functional groups attached to an aromatic ring is 1. The number of hydrogen-bond acceptors (Lipinski definition) is 10. The third-order valence-corrected chi connectivity index (χ3v) is 6.03. The van der Waals surface area contributed by atoms with Crippen LogP contribution in [0.1, 0.15) is 58.7 Å². The summed E-state index contributed by atoms with van der Waals surface area (Å²) in [6, 6.07) is 19.9. The maximum atomic E-state index is 12.0. The molecule has 13 heteroatoms. The van der Waals surface area contributed by atoms with Gasteiger partial charge >= 0.3 is 23.9 Å². The first-order valence-corrected chi connectivity index (χ1v) is 13.4. The summed E-state index contributed by atoms with van der Waals surface area (Å²) in [4.78, 5) is 46.8. The van der Waals surface area contributed by atoms with Gasteiger partial charge in [-0.3, -0.25) is 0 Å². The van der Waals surface area contributed by atoms with Gasteiger partial charge in [-0.2, -0.15) is 5.26 Å². The quantitative estimate of drug-likeness (QED) is 0.161. The van der Waals surface area contributed by atoms with Gasteiger partial charge in [-0.15, -0.1) is 0 Å². The Morgan fingerprint density at radius 1 is 0.886 bits per heavy atom. The number of nitrogens with one attached hydrogen (secondary N) is 1. The molecule has 0 aliphatic heterocycles. The molecule has 3 aromatic carbocycles. The molecule has 3 aromatic rings. The van der Waals surface area contributed by atoms with Crippen LogP contribution in [-0.2, 0) is 19.1 Å². The molecule has 12 nitrogen and oxygen atoms in total. The van der Waals surface area contributed by atoms with Gasteiger partial charge in [0, 0.05) is 5.54 Å². The Hall–Kier alpha value is -4.96. The number of carboxylic acids is 2. The third kappa shape index (κ3) is 10.4. The Morgan fingerprint density at radius 2 is 1.32 bits per heavy atom. The van der Waals surface area contributed by atoms with Crippen molar-refractivity contribution in [1.82, 2.24) is 5.32 Å². The molecular weight excluding hydrogens is 594 g/mol. The van der Waals surface area contributed by atoms with Crippen LogP contribution < -0.4 is 11.1 Å². The van der Waals surface area contributed by atoms with Crippen LogP contribution in [0.2, 0.25) is 5.02 Å². The number of carboxylic acid groups (broad SMARTS) is 2. The van der Waals surface area contributed by atoms with Crippen LogP contribution in [0.3, 0.4) is 0 Å². The molecule has 0 radical (unpaired) electrons. The molecule has 3 rings (SSSR count). The zero-order valence-corrected chi connectivity index (χ0v) is 24.8. The minimum Gasteiger partial charge on any atom is -0.478 e. The Bertz CT molecular complexity index is 1430. The Morgan fingerprint density at radius 3 is 1.66 bits per heavy atom. The van der Waals surface area contributed by atoms with E-state index in [2.05, 4.69) is 5.32 Å². The zero-order chi connectivity index (χ0) is 33.0. The number of aliphatic carboxylic acids is 2. The smallest absolute Gasteiger partial charge is 0.349 e. The van der Waals surface area contributed by atoms with Crippen LogP contribution in [-0.4, -0.2) is 63.6 Å². The van der Waals surface area contributed by atoms with Crippen molar-refractivity contribution < 1.29 is 44.0 Å². The lowest BCUT2D eigenvalue weighted by Crippen LogP contribution is -2.45. The van der Waals surface area contributed by atoms with Crippen LogP contribution in [0.25, 0.3) is 0 Å². The van der Waals surface area contributed by atoms with Crippen LogP contribution in [0.4, 0.5) is 5.69 Å². The Labute approximate surface area is 258 Å². The van der Waals surface area contributed by atoms with Crippen molar-refractivity contribution in [3.63, 3.8) is 0 Å². The monoisotopic (exact) mass is 625 g/mol. The summed E-state index contributed by atoms with van der Waals surface area (Å²) in [6.45, 7) is 5.92. The average molecular weight is 626 g/mol. The number of esters is 2. The first-order valence-electron chi connectivity index (χ1n) is 13.0. The topological polar surface area (TPSA) is 209 Å². The zero-order valence-electron chi connectivity index (χ0n) is 24.1. The number of benzene rings is 3. The van der Waals surface area contributed by atoms with E-state index in [1.54, 1.807) is 24.3 Å². The fraction of sp³-hybridized carbons (Fsp3) is 0.258. The predicted molar refractivity (Wildman–Crippen MR) is 160 cm³/mol. The van der Waals surface area contributed by atoms with Gasteiger partial charge in [0.15, 0.2) is 0 Å². The normalized spacial score (nSPS) is 12.7. The number of nitrogens with zero attached hydrogens (tertiary/aromatic N) is 1. The fourth-order valence-electron chi connectivity index (χ4n) is 3.69. The summed E-state index contributed by atoms with van der Waals surface area (Å²) in [5.41, 5.74) is 6.94. The second-order valence-corrected chi connectivity index (χ2v) is 10.7. The van der Waals surface area contributed by atoms with Gasteiger partial charge in [0.05, 0.1) is 40.0 Å². The largest absolute Gasteiger partial charge is 0.478 e. The van der Waals surface area contributed by atoms with E-state index in [1.807, 2.05) is 26.8 Å². The summed E-state index contributed by atoms with van der Waals surface area (Å²) in [5.74, 6) is -5.63. The molecule has 0 aliphatic carbocycles. The second kappa shape index (κ2) is 16.0. The van der Waals surface area contributed by atoms with Crippen molar-refractivity contribution in [3.8, 4) is 6.07 Å². The molecule has 232 valence electrons. The lowest BCUT2D eigenvalue weighted by atomic mass is 10.00. The Balaban J connectivity index is 0.000000329. The van der Waals surface area contributed by atoms with Crippen molar-refractivity contribution in [2.45, 2.75) is 44.6 Å². The SMILES string of the molecule is CC(C)(C)NC(CO)c1cc(Cl)c(N)c(C#N)c1.O=C(O[C@H](C(=O)O)[C@H](OC(=O)c1ccccc1)C(=O)O)c1ccccc1. The van der Waals surface area contributed by atoms with Crippen molar-refractivity contribution in [2.75, 3.05) is 12.3 Å². The van der Waals surface area contributed by atoms with E-state index in [1.165, 1.54) is 48.5 Å². The van der Waals surface area contributed by atoms with Crippen molar-refractivity contribution >= 4 is 41.2 Å². The van der Waals surface area contributed by atoms with Crippen molar-refractivity contribution in [2.24, 2.45) is 0 Å². The number of anilines is 1. The maximum absolute atomic E-state index is 12.0. The fourth-order valence-corrected chi connectivity index (χ4v) is 3.92. The number of ether oxygens (including phenoxy) is 2. The van der Waals surface area contributed by atoms with E-state index in [-0.39, 0.29) is 35.0 Å². The van der Waals surface area contributed by atoms with Crippen LogP contribution in [0.5, 0.6) is 0 Å². The standard InChI is InChI=1S/C18H14O8.C13H18ClN3O/c19-15(20)13(25-17(23)11-7-3-1-4-8-11)14(16(21)22)26-18(24)12-9-5-2-6-10-12;1-13(2,3)17-11(7-18)8-4-9(6-15)12(16)10(14)5-8/h1-10,13-14H,(H,19,20)(H,21,22);4-5,11,17-18H,7,16H2,1-3H3/t13-,14-;/m0./s1. The first kappa shape index (κ1) is 35.2. The van der Waals surface area contributed by atoms with Crippen LogP contribution in [0.15, 0.2) is 72.8 Å². The molecule has 44 heavy (non-hydrogen) atoms. The molecule has 0 aliphatic rings. The molecule has 3 atom stereocenters. The Kier molecular flexibility index (Phi) is 12.8. The van der Waals surface area contributed by atoms with Crippen LogP contribution in [0, 0.1) is 11.3 Å². The van der Waals surface area contributed by atoms with E-state index < -0.39 is 36.1 Å². The summed E-state index contributed by atoms with van der Waals surface area (Å²) >= 11 is 5.98. The molecule has 0 saturated heterocycles. The number of nitriles is 1. The first-order chi connectivity index (χ1) is 20.7. The second-order valence-electron chi connectivity index (χ2n) is 10.3. The summed E-state index contributed by atoms with van der Waals surface area (Å²) in [7, 11) is 0. The van der Waals surface area contributed by atoms with E-state index in [0.29, 0.717) is 10.6 Å². The molecule has 0 bridgehead atoms. The van der Waals surface area contributed by atoms with E-state index in [0.717, 1.165) is 5.56 Å². The molecule has 0 saturated carbocycles. The highest BCUT2D eigenvalue weighted by molar-refractivity contribution is 6.33. The van der Waals surface area contributed by atoms with Gasteiger partial charge in [0.2, 0.25) is 12.2 Å². The molecule has 6 N–H and O–H groups in total. The van der Waals surface area contributed by atoms with E-state index in [4.69, 9.17) is 32.1 Å². The number of nitrogens with two attached hydrogens (primary N) is 1. The van der Waals surface area contributed by atoms with Gasteiger partial charge in [-0.25, -0.2) is 19.2 Å². The summed E-state index contributed by atoms with van der Waals surface area (Å²) in [6.07, 6.45) is -4.43. The lowest BCUT2D eigenvalue weighted by molar-refractivity contribution is -0.166. The molecule has 0 spiro atoms. The highest BCUT2D eigenvalue weighted by atomic mass is 35.5. The van der Waals surface area contributed by atoms with Gasteiger partial charge in [-0.05, 0) is 62.7 Å². The lowest BCUT2D eigenvalue weighted by Gasteiger charge is -2.28. The number of rotatable bonds is 10. The molecule has 0 aromatic heterocycles. The highest BCUT2D eigenvalue weighted by Gasteiger charge is 2.41. The highest BCUT2D eigenvalue weighted by Crippen LogP contribution is 2.28. The molecular formula is C31H32ClN3O9. The van der Waals surface area contributed by atoms with Gasteiger partial charge < -0.3 is 35.8 Å². The summed E-state index contributed by atoms with van der Waals surface area (Å²) in [5, 5.41) is 40.5. The molecule has 0 heterocycles. The maximum Gasteiger partial charge on any atom is 0.349 e. The summed E-state index contributed by atoms with van der Waals surface area (Å²) < 4.78 is 9.52. The minimum atomic E-state index is -2.21.